The smallest absolute Gasteiger partial charge is 0.246 e. The number of hydrogen-bond donors (Lipinski definition) is 0. The first-order valence-electron chi connectivity index (χ1n) is 7.71. The van der Waals surface area contributed by atoms with E-state index in [-0.39, 0.29) is 5.91 Å². The minimum atomic E-state index is 0.149. The fraction of sp³-hybridized carbons (Fsp3) is 0.500. The van der Waals surface area contributed by atoms with Gasteiger partial charge in [0, 0.05) is 19.2 Å². The third-order valence-electron chi connectivity index (χ3n) is 3.71. The summed E-state index contributed by atoms with van der Waals surface area (Å²) in [5, 5.41) is 0. The van der Waals surface area contributed by atoms with Gasteiger partial charge in [-0.15, -0.1) is 0 Å². The van der Waals surface area contributed by atoms with E-state index in [1.165, 1.54) is 12.0 Å². The molecule has 2 nitrogen and oxygen atoms in total. The summed E-state index contributed by atoms with van der Waals surface area (Å²) < 4.78 is 0. The number of hydrogen-bond acceptors (Lipinski definition) is 1. The highest BCUT2D eigenvalue weighted by atomic mass is 16.2. The molecule has 2 heteroatoms. The van der Waals surface area contributed by atoms with Gasteiger partial charge in [-0.3, -0.25) is 4.79 Å². The second kappa shape index (κ2) is 7.28. The van der Waals surface area contributed by atoms with Crippen molar-refractivity contribution in [3.63, 3.8) is 0 Å². The van der Waals surface area contributed by atoms with Crippen LogP contribution in [-0.4, -0.2) is 23.9 Å². The molecule has 1 aliphatic rings. The van der Waals surface area contributed by atoms with Crippen molar-refractivity contribution in [2.75, 3.05) is 13.1 Å². The van der Waals surface area contributed by atoms with E-state index in [0.717, 1.165) is 37.9 Å². The van der Waals surface area contributed by atoms with Crippen molar-refractivity contribution in [1.82, 2.24) is 4.90 Å². The van der Waals surface area contributed by atoms with Gasteiger partial charge in [-0.1, -0.05) is 38.1 Å². The largest absolute Gasteiger partial charge is 0.339 e. The predicted molar refractivity (Wildman–Crippen MR) is 84.4 cm³/mol. The Balaban J connectivity index is 1.91. The summed E-state index contributed by atoms with van der Waals surface area (Å²) in [6, 6.07) is 8.51. The summed E-state index contributed by atoms with van der Waals surface area (Å²) in [7, 11) is 0. The molecule has 0 unspecified atom stereocenters. The molecule has 0 saturated carbocycles. The molecule has 1 aliphatic heterocycles. The predicted octanol–water partition coefficient (Wildman–Crippen LogP) is 3.91. The molecule has 1 aromatic rings. The summed E-state index contributed by atoms with van der Waals surface area (Å²) in [6.07, 6.45) is 8.29. The highest BCUT2D eigenvalue weighted by Crippen LogP contribution is 2.12. The molecule has 1 amide bonds. The normalized spacial score (nSPS) is 16.1. The molecule has 0 spiro atoms. The molecular formula is C18H25NO. The Bertz CT molecular complexity index is 453. The summed E-state index contributed by atoms with van der Waals surface area (Å²) >= 11 is 0. The number of carbonyl (C=O) groups excluding carboxylic acids is 1. The number of rotatable bonds is 4. The number of nitrogens with zero attached hydrogens (tertiary/aromatic N) is 1. The van der Waals surface area contributed by atoms with Gasteiger partial charge >= 0.3 is 0 Å². The molecule has 0 aromatic heterocycles. The van der Waals surface area contributed by atoms with Crippen molar-refractivity contribution in [1.29, 1.82) is 0 Å². The zero-order valence-electron chi connectivity index (χ0n) is 12.6. The minimum absolute atomic E-state index is 0.149. The molecule has 0 radical (unpaired) electrons. The van der Waals surface area contributed by atoms with Gasteiger partial charge in [0.1, 0.15) is 0 Å². The van der Waals surface area contributed by atoms with Crippen LogP contribution in [0.25, 0.3) is 6.08 Å². The second-order valence-electron chi connectivity index (χ2n) is 6.06. The van der Waals surface area contributed by atoms with Crippen LogP contribution in [0, 0.1) is 5.92 Å². The zero-order valence-corrected chi connectivity index (χ0v) is 12.6. The Hall–Kier alpha value is -1.57. The third-order valence-corrected chi connectivity index (χ3v) is 3.71. The Labute approximate surface area is 122 Å². The number of piperidine rings is 1. The van der Waals surface area contributed by atoms with E-state index in [0.29, 0.717) is 5.92 Å². The molecule has 0 bridgehead atoms. The van der Waals surface area contributed by atoms with Gasteiger partial charge in [-0.2, -0.15) is 0 Å². The second-order valence-corrected chi connectivity index (χ2v) is 6.06. The maximum atomic E-state index is 12.0. The van der Waals surface area contributed by atoms with Crippen LogP contribution in [-0.2, 0) is 11.2 Å². The van der Waals surface area contributed by atoms with Crippen LogP contribution in [0.2, 0.25) is 0 Å². The summed E-state index contributed by atoms with van der Waals surface area (Å²) in [6.45, 7) is 6.28. The van der Waals surface area contributed by atoms with Crippen molar-refractivity contribution < 1.29 is 4.79 Å². The lowest BCUT2D eigenvalue weighted by Gasteiger charge is -2.25. The van der Waals surface area contributed by atoms with E-state index in [4.69, 9.17) is 0 Å². The molecule has 0 aliphatic carbocycles. The quantitative estimate of drug-likeness (QED) is 0.760. The third kappa shape index (κ3) is 4.52. The van der Waals surface area contributed by atoms with Gasteiger partial charge in [0.15, 0.2) is 0 Å². The van der Waals surface area contributed by atoms with E-state index in [2.05, 4.69) is 38.1 Å². The van der Waals surface area contributed by atoms with E-state index in [1.54, 1.807) is 6.08 Å². The zero-order chi connectivity index (χ0) is 14.4. The van der Waals surface area contributed by atoms with Crippen molar-refractivity contribution in [2.45, 2.75) is 39.5 Å². The van der Waals surface area contributed by atoms with Crippen molar-refractivity contribution in [2.24, 2.45) is 5.92 Å². The lowest BCUT2D eigenvalue weighted by atomic mass is 10.0. The van der Waals surface area contributed by atoms with Crippen LogP contribution in [0.15, 0.2) is 30.3 Å². The van der Waals surface area contributed by atoms with E-state index < -0.39 is 0 Å². The average Bonchev–Trinajstić information content (AvgIpc) is 2.46. The summed E-state index contributed by atoms with van der Waals surface area (Å²) in [5.41, 5.74) is 2.46. The first kappa shape index (κ1) is 14.8. The summed E-state index contributed by atoms with van der Waals surface area (Å²) in [5.74, 6) is 0.827. The number of carbonyl (C=O) groups is 1. The SMILES string of the molecule is CC(C)Cc1ccc(/C=C/C(=O)N2CCCCC2)cc1. The lowest BCUT2D eigenvalue weighted by Crippen LogP contribution is -2.34. The highest BCUT2D eigenvalue weighted by molar-refractivity contribution is 5.91. The minimum Gasteiger partial charge on any atom is -0.339 e. The molecular weight excluding hydrogens is 246 g/mol. The Kier molecular flexibility index (Phi) is 5.40. The standard InChI is InChI=1S/C18H25NO/c1-15(2)14-17-8-6-16(7-9-17)10-11-18(20)19-12-4-3-5-13-19/h6-11,15H,3-5,12-14H2,1-2H3/b11-10+. The molecule has 1 heterocycles. The highest BCUT2D eigenvalue weighted by Gasteiger charge is 2.13. The van der Waals surface area contributed by atoms with Crippen molar-refractivity contribution >= 4 is 12.0 Å². The summed E-state index contributed by atoms with van der Waals surface area (Å²) in [4.78, 5) is 14.0. The fourth-order valence-corrected chi connectivity index (χ4v) is 2.62. The van der Waals surface area contributed by atoms with Gasteiger partial charge < -0.3 is 4.90 Å². The average molecular weight is 271 g/mol. The first-order chi connectivity index (χ1) is 9.65. The van der Waals surface area contributed by atoms with Crippen LogP contribution < -0.4 is 0 Å². The van der Waals surface area contributed by atoms with Gasteiger partial charge in [0.2, 0.25) is 5.91 Å². The van der Waals surface area contributed by atoms with Crippen molar-refractivity contribution in [3.8, 4) is 0 Å². The first-order valence-corrected chi connectivity index (χ1v) is 7.71. The Morgan fingerprint density at radius 1 is 1.15 bits per heavy atom. The van der Waals surface area contributed by atoms with Gasteiger partial charge in [-0.05, 0) is 48.8 Å². The van der Waals surface area contributed by atoms with E-state index in [1.807, 2.05) is 11.0 Å². The van der Waals surface area contributed by atoms with Crippen LogP contribution >= 0.6 is 0 Å². The monoisotopic (exact) mass is 271 g/mol. The molecule has 1 aromatic carbocycles. The van der Waals surface area contributed by atoms with E-state index >= 15 is 0 Å². The van der Waals surface area contributed by atoms with Gasteiger partial charge in [0.25, 0.3) is 0 Å². The maximum Gasteiger partial charge on any atom is 0.246 e. The van der Waals surface area contributed by atoms with Crippen LogP contribution in [0.1, 0.15) is 44.2 Å². The molecule has 108 valence electrons. The van der Waals surface area contributed by atoms with Crippen LogP contribution in [0.3, 0.4) is 0 Å². The fourth-order valence-electron chi connectivity index (χ4n) is 2.62. The molecule has 2 rings (SSSR count). The topological polar surface area (TPSA) is 20.3 Å². The number of benzene rings is 1. The Morgan fingerprint density at radius 3 is 2.40 bits per heavy atom. The Morgan fingerprint density at radius 2 is 1.80 bits per heavy atom. The lowest BCUT2D eigenvalue weighted by molar-refractivity contribution is -0.126. The molecule has 0 N–H and O–H groups in total. The molecule has 1 saturated heterocycles. The molecule has 1 fully saturated rings. The number of amides is 1. The van der Waals surface area contributed by atoms with Crippen molar-refractivity contribution in [3.05, 3.63) is 41.5 Å². The van der Waals surface area contributed by atoms with Crippen LogP contribution in [0.5, 0.6) is 0 Å². The maximum absolute atomic E-state index is 12.0. The number of likely N-dealkylation sites (tertiary alicyclic amines) is 1. The molecule has 20 heavy (non-hydrogen) atoms. The van der Waals surface area contributed by atoms with Crippen LogP contribution in [0.4, 0.5) is 0 Å². The molecule has 0 atom stereocenters. The van der Waals surface area contributed by atoms with E-state index in [9.17, 15) is 4.79 Å². The van der Waals surface area contributed by atoms with Gasteiger partial charge in [-0.25, -0.2) is 0 Å². The van der Waals surface area contributed by atoms with Gasteiger partial charge in [0.05, 0.1) is 0 Å².